The van der Waals surface area contributed by atoms with Gasteiger partial charge in [-0.25, -0.2) is 13.4 Å². The van der Waals surface area contributed by atoms with Crippen LogP contribution < -0.4 is 0 Å². The average Bonchev–Trinajstić information content (AvgIpc) is 3.04. The minimum Gasteiger partial charge on any atom is -0.457 e. The molecule has 0 aliphatic carbocycles. The van der Waals surface area contributed by atoms with Crippen molar-refractivity contribution in [2.45, 2.75) is 19.6 Å². The Morgan fingerprint density at radius 1 is 1.39 bits per heavy atom. The Kier molecular flexibility index (Phi) is 4.05. The van der Waals surface area contributed by atoms with E-state index in [9.17, 15) is 22.0 Å². The van der Waals surface area contributed by atoms with Crippen LogP contribution in [0.3, 0.4) is 0 Å². The molecular formula is C14H14F2N2O4S. The van der Waals surface area contributed by atoms with Gasteiger partial charge in [0, 0.05) is 0 Å². The number of ether oxygens (including phenoxy) is 1. The number of rotatable bonds is 4. The maximum atomic E-state index is 13.2. The van der Waals surface area contributed by atoms with E-state index in [1.165, 1.54) is 6.07 Å². The average molecular weight is 344 g/mol. The number of aromatic nitrogens is 2. The second kappa shape index (κ2) is 5.88. The van der Waals surface area contributed by atoms with E-state index in [1.54, 1.807) is 18.2 Å². The van der Waals surface area contributed by atoms with Gasteiger partial charge in [0.2, 0.25) is 0 Å². The fourth-order valence-corrected chi connectivity index (χ4v) is 4.37. The van der Waals surface area contributed by atoms with Crippen LogP contribution in [-0.4, -0.2) is 35.4 Å². The Hall–Kier alpha value is -2.03. The van der Waals surface area contributed by atoms with Crippen molar-refractivity contribution in [3.63, 3.8) is 0 Å². The first-order chi connectivity index (χ1) is 10.9. The number of fused-ring (bicyclic) bond motifs is 1. The van der Waals surface area contributed by atoms with Crippen molar-refractivity contribution in [3.05, 3.63) is 30.1 Å². The summed E-state index contributed by atoms with van der Waals surface area (Å²) in [6.45, 7) is -3.24. The van der Waals surface area contributed by atoms with E-state index in [2.05, 4.69) is 4.98 Å². The van der Waals surface area contributed by atoms with E-state index in [4.69, 9.17) is 4.74 Å². The van der Waals surface area contributed by atoms with Gasteiger partial charge < -0.3 is 4.74 Å². The van der Waals surface area contributed by atoms with Crippen LogP contribution >= 0.6 is 0 Å². The molecule has 1 aliphatic heterocycles. The predicted octanol–water partition coefficient (Wildman–Crippen LogP) is 1.91. The quantitative estimate of drug-likeness (QED) is 0.792. The second-order valence-electron chi connectivity index (χ2n) is 5.37. The summed E-state index contributed by atoms with van der Waals surface area (Å²) in [5, 5.41) is 0. The lowest BCUT2D eigenvalue weighted by atomic mass is 10.1. The monoisotopic (exact) mass is 344 g/mol. The number of benzene rings is 1. The van der Waals surface area contributed by atoms with Crippen LogP contribution in [0.15, 0.2) is 24.3 Å². The molecule has 1 unspecified atom stereocenters. The van der Waals surface area contributed by atoms with Crippen LogP contribution in [0.5, 0.6) is 0 Å². The first-order valence-electron chi connectivity index (χ1n) is 6.98. The topological polar surface area (TPSA) is 78.3 Å². The van der Waals surface area contributed by atoms with Crippen LogP contribution in [0.1, 0.15) is 18.8 Å². The Morgan fingerprint density at radius 2 is 2.13 bits per heavy atom. The van der Waals surface area contributed by atoms with Gasteiger partial charge in [0.15, 0.2) is 15.7 Å². The van der Waals surface area contributed by atoms with Crippen LogP contribution in [0.4, 0.5) is 8.78 Å². The fourth-order valence-electron chi connectivity index (χ4n) is 2.65. The number of imidazole rings is 1. The molecule has 1 saturated heterocycles. The zero-order valence-electron chi connectivity index (χ0n) is 12.0. The number of nitrogens with zero attached hydrogens (tertiary/aromatic N) is 2. The minimum atomic E-state index is -3.21. The van der Waals surface area contributed by atoms with Gasteiger partial charge in [0.05, 0.1) is 28.5 Å². The van der Waals surface area contributed by atoms with Gasteiger partial charge in [-0.2, -0.15) is 8.78 Å². The molecule has 3 rings (SSSR count). The minimum absolute atomic E-state index is 0.0533. The fraction of sp³-hybridized carbons (Fsp3) is 0.429. The van der Waals surface area contributed by atoms with Crippen molar-refractivity contribution in [2.24, 2.45) is 5.92 Å². The molecule has 0 spiro atoms. The van der Waals surface area contributed by atoms with Gasteiger partial charge in [-0.15, -0.1) is 0 Å². The number of carbonyl (C=O) groups is 1. The summed E-state index contributed by atoms with van der Waals surface area (Å²) in [4.78, 5) is 15.9. The molecule has 0 radical (unpaired) electrons. The van der Waals surface area contributed by atoms with Gasteiger partial charge >= 0.3 is 12.5 Å². The van der Waals surface area contributed by atoms with Crippen molar-refractivity contribution in [1.29, 1.82) is 0 Å². The Labute approximate surface area is 131 Å². The lowest BCUT2D eigenvalue weighted by Gasteiger charge is -2.10. The van der Waals surface area contributed by atoms with E-state index in [-0.39, 0.29) is 29.3 Å². The third-order valence-corrected chi connectivity index (χ3v) is 5.54. The largest absolute Gasteiger partial charge is 0.457 e. The smallest absolute Gasteiger partial charge is 0.320 e. The van der Waals surface area contributed by atoms with E-state index in [0.717, 1.165) is 0 Å². The van der Waals surface area contributed by atoms with Crippen molar-refractivity contribution in [2.75, 3.05) is 11.5 Å². The molecule has 1 fully saturated rings. The first-order valence-corrected chi connectivity index (χ1v) is 8.80. The highest BCUT2D eigenvalue weighted by Crippen LogP contribution is 2.24. The SMILES string of the molecule is O=C(OCc1nc2ccccc2n1C(F)F)C1CCS(=O)(=O)C1. The van der Waals surface area contributed by atoms with Crippen LogP contribution in [0, 0.1) is 5.92 Å². The van der Waals surface area contributed by atoms with Gasteiger partial charge in [0.1, 0.15) is 6.61 Å². The van der Waals surface area contributed by atoms with Gasteiger partial charge in [-0.05, 0) is 18.6 Å². The number of alkyl halides is 2. The number of halogens is 2. The maximum absolute atomic E-state index is 13.2. The Balaban J connectivity index is 1.77. The molecule has 0 amide bonds. The lowest BCUT2D eigenvalue weighted by molar-refractivity contribution is -0.149. The van der Waals surface area contributed by atoms with E-state index in [1.807, 2.05) is 0 Å². The molecule has 2 heterocycles. The standard InChI is InChI=1S/C14H14F2N2O4S/c15-14(16)18-11-4-2-1-3-10(11)17-12(18)7-22-13(19)9-5-6-23(20,21)8-9/h1-4,9,14H,5-8H2. The van der Waals surface area contributed by atoms with Gasteiger partial charge in [0.25, 0.3) is 0 Å². The molecular weight excluding hydrogens is 330 g/mol. The Bertz CT molecular complexity index is 848. The molecule has 1 aliphatic rings. The van der Waals surface area contributed by atoms with Gasteiger partial charge in [-0.1, -0.05) is 12.1 Å². The molecule has 6 nitrogen and oxygen atoms in total. The molecule has 23 heavy (non-hydrogen) atoms. The number of hydrogen-bond donors (Lipinski definition) is 0. The summed E-state index contributed by atoms with van der Waals surface area (Å²) < 4.78 is 54.9. The maximum Gasteiger partial charge on any atom is 0.320 e. The lowest BCUT2D eigenvalue weighted by Crippen LogP contribution is -2.20. The summed E-state index contributed by atoms with van der Waals surface area (Å²) in [5.74, 6) is -1.81. The molecule has 124 valence electrons. The molecule has 1 atom stereocenters. The summed E-state index contributed by atoms with van der Waals surface area (Å²) in [6.07, 6.45) is 0.201. The molecule has 2 aromatic rings. The summed E-state index contributed by atoms with van der Waals surface area (Å²) in [6, 6.07) is 6.37. The molecule has 0 bridgehead atoms. The van der Waals surface area contributed by atoms with Crippen LogP contribution in [0.2, 0.25) is 0 Å². The molecule has 0 saturated carbocycles. The number of para-hydroxylation sites is 2. The second-order valence-corrected chi connectivity index (χ2v) is 7.60. The Morgan fingerprint density at radius 3 is 2.78 bits per heavy atom. The van der Waals surface area contributed by atoms with Crippen LogP contribution in [0.25, 0.3) is 11.0 Å². The summed E-state index contributed by atoms with van der Waals surface area (Å²) >= 11 is 0. The van der Waals surface area contributed by atoms with Gasteiger partial charge in [-0.3, -0.25) is 9.36 Å². The van der Waals surface area contributed by atoms with E-state index < -0.39 is 34.9 Å². The summed E-state index contributed by atoms with van der Waals surface area (Å²) in [7, 11) is -3.21. The highest BCUT2D eigenvalue weighted by molar-refractivity contribution is 7.91. The zero-order chi connectivity index (χ0) is 16.6. The number of carbonyl (C=O) groups excluding carboxylic acids is 1. The van der Waals surface area contributed by atoms with E-state index in [0.29, 0.717) is 10.1 Å². The normalized spacial score (nSPS) is 20.2. The zero-order valence-corrected chi connectivity index (χ0v) is 12.8. The van der Waals surface area contributed by atoms with Crippen LogP contribution in [-0.2, 0) is 26.0 Å². The highest BCUT2D eigenvalue weighted by atomic mass is 32.2. The van der Waals surface area contributed by atoms with Crippen molar-refractivity contribution in [1.82, 2.24) is 9.55 Å². The third-order valence-electron chi connectivity index (χ3n) is 3.77. The van der Waals surface area contributed by atoms with E-state index >= 15 is 0 Å². The molecule has 1 aromatic heterocycles. The van der Waals surface area contributed by atoms with Crippen molar-refractivity contribution < 1.29 is 26.7 Å². The molecule has 1 aromatic carbocycles. The first kappa shape index (κ1) is 15.9. The van der Waals surface area contributed by atoms with Crippen molar-refractivity contribution >= 4 is 26.8 Å². The predicted molar refractivity (Wildman–Crippen MR) is 77.5 cm³/mol. The summed E-state index contributed by atoms with van der Waals surface area (Å²) in [5.41, 5.74) is 0.624. The molecule has 9 heteroatoms. The van der Waals surface area contributed by atoms with Crippen molar-refractivity contribution in [3.8, 4) is 0 Å². The number of hydrogen-bond acceptors (Lipinski definition) is 5. The third kappa shape index (κ3) is 3.19. The highest BCUT2D eigenvalue weighted by Gasteiger charge is 2.34. The molecule has 0 N–H and O–H groups in total. The number of esters is 1. The number of sulfone groups is 1.